The van der Waals surface area contributed by atoms with Crippen LogP contribution in [0.5, 0.6) is 11.5 Å². The van der Waals surface area contributed by atoms with E-state index < -0.39 is 0 Å². The topological polar surface area (TPSA) is 43.0 Å². The fourth-order valence-corrected chi connectivity index (χ4v) is 3.47. The van der Waals surface area contributed by atoms with Crippen LogP contribution in [0.25, 0.3) is 0 Å². The van der Waals surface area contributed by atoms with E-state index in [9.17, 15) is 0 Å². The molecule has 1 unspecified atom stereocenters. The van der Waals surface area contributed by atoms with Gasteiger partial charge >= 0.3 is 0 Å². The molecule has 1 atom stereocenters. The first-order chi connectivity index (χ1) is 13.7. The van der Waals surface area contributed by atoms with Crippen molar-refractivity contribution in [2.45, 2.75) is 32.4 Å². The molecular formula is C22H28N2O3S. The summed E-state index contributed by atoms with van der Waals surface area (Å²) in [7, 11) is 1.66. The van der Waals surface area contributed by atoms with Crippen LogP contribution >= 0.6 is 12.2 Å². The van der Waals surface area contributed by atoms with Crippen molar-refractivity contribution in [3.63, 3.8) is 0 Å². The molecule has 0 radical (unpaired) electrons. The Kier molecular flexibility index (Phi) is 7.51. The fourth-order valence-electron chi connectivity index (χ4n) is 3.21. The molecule has 0 saturated carbocycles. The highest BCUT2D eigenvalue weighted by Gasteiger charge is 2.21. The van der Waals surface area contributed by atoms with E-state index in [0.29, 0.717) is 18.3 Å². The van der Waals surface area contributed by atoms with Gasteiger partial charge in [-0.15, -0.1) is 0 Å². The maximum absolute atomic E-state index is 5.84. The van der Waals surface area contributed by atoms with Crippen molar-refractivity contribution >= 4 is 23.0 Å². The first-order valence-corrected chi connectivity index (χ1v) is 10.1. The molecule has 6 heteroatoms. The van der Waals surface area contributed by atoms with Gasteiger partial charge in [0.25, 0.3) is 0 Å². The smallest absolute Gasteiger partial charge is 0.173 e. The molecule has 0 aromatic heterocycles. The van der Waals surface area contributed by atoms with Crippen molar-refractivity contribution in [2.24, 2.45) is 0 Å². The second-order valence-electron chi connectivity index (χ2n) is 6.75. The maximum Gasteiger partial charge on any atom is 0.173 e. The van der Waals surface area contributed by atoms with Crippen molar-refractivity contribution in [1.29, 1.82) is 0 Å². The van der Waals surface area contributed by atoms with E-state index >= 15 is 0 Å². The molecule has 0 bridgehead atoms. The summed E-state index contributed by atoms with van der Waals surface area (Å²) in [5.41, 5.74) is 2.12. The predicted octanol–water partition coefficient (Wildman–Crippen LogP) is 4.47. The number of nitrogens with one attached hydrogen (secondary N) is 1. The van der Waals surface area contributed by atoms with Gasteiger partial charge in [-0.05, 0) is 73.9 Å². The SMILES string of the molecule is CCOc1ccc(CN(CC2CCCO2)C(=S)Nc2ccc(OC)cc2)cc1. The Hall–Kier alpha value is -2.31. The molecule has 0 spiro atoms. The van der Waals surface area contributed by atoms with E-state index in [4.69, 9.17) is 26.4 Å². The number of nitrogens with zero attached hydrogens (tertiary/aromatic N) is 1. The van der Waals surface area contributed by atoms with Gasteiger partial charge in [0.05, 0.1) is 19.8 Å². The van der Waals surface area contributed by atoms with Crippen LogP contribution in [0.1, 0.15) is 25.3 Å². The molecule has 1 saturated heterocycles. The van der Waals surface area contributed by atoms with Crippen LogP contribution in [-0.4, -0.2) is 43.0 Å². The molecule has 1 heterocycles. The zero-order valence-corrected chi connectivity index (χ0v) is 17.3. The third-order valence-electron chi connectivity index (χ3n) is 4.68. The number of anilines is 1. The van der Waals surface area contributed by atoms with E-state index in [1.54, 1.807) is 7.11 Å². The first kappa shape index (κ1) is 20.4. The molecule has 5 nitrogen and oxygen atoms in total. The largest absolute Gasteiger partial charge is 0.497 e. The van der Waals surface area contributed by atoms with Crippen LogP contribution in [0.2, 0.25) is 0 Å². The van der Waals surface area contributed by atoms with Gasteiger partial charge in [0, 0.05) is 25.4 Å². The van der Waals surface area contributed by atoms with Gasteiger partial charge in [-0.2, -0.15) is 0 Å². The molecule has 2 aromatic carbocycles. The van der Waals surface area contributed by atoms with Crippen molar-refractivity contribution in [1.82, 2.24) is 4.90 Å². The average molecular weight is 401 g/mol. The zero-order valence-electron chi connectivity index (χ0n) is 16.5. The van der Waals surface area contributed by atoms with Crippen LogP contribution in [0, 0.1) is 0 Å². The van der Waals surface area contributed by atoms with Crippen LogP contribution < -0.4 is 14.8 Å². The van der Waals surface area contributed by atoms with Gasteiger partial charge in [0.15, 0.2) is 5.11 Å². The third kappa shape index (κ3) is 5.84. The van der Waals surface area contributed by atoms with E-state index in [1.807, 2.05) is 43.3 Å². The molecule has 3 rings (SSSR count). The molecule has 1 fully saturated rings. The van der Waals surface area contributed by atoms with E-state index in [-0.39, 0.29) is 6.10 Å². The van der Waals surface area contributed by atoms with Gasteiger partial charge in [-0.3, -0.25) is 0 Å². The highest BCUT2D eigenvalue weighted by molar-refractivity contribution is 7.80. The van der Waals surface area contributed by atoms with E-state index in [2.05, 4.69) is 22.3 Å². The lowest BCUT2D eigenvalue weighted by Crippen LogP contribution is -2.39. The first-order valence-electron chi connectivity index (χ1n) is 9.71. The second-order valence-corrected chi connectivity index (χ2v) is 7.14. The van der Waals surface area contributed by atoms with Crippen LogP contribution in [0.3, 0.4) is 0 Å². The minimum atomic E-state index is 0.221. The molecule has 150 valence electrons. The summed E-state index contributed by atoms with van der Waals surface area (Å²) in [5, 5.41) is 4.03. The van der Waals surface area contributed by atoms with Gasteiger partial charge in [-0.1, -0.05) is 12.1 Å². The number of hydrogen-bond acceptors (Lipinski definition) is 4. The highest BCUT2D eigenvalue weighted by Crippen LogP contribution is 2.20. The molecule has 1 N–H and O–H groups in total. The lowest BCUT2D eigenvalue weighted by atomic mass is 10.2. The minimum Gasteiger partial charge on any atom is -0.497 e. The molecule has 2 aromatic rings. The summed E-state index contributed by atoms with van der Waals surface area (Å²) in [6, 6.07) is 15.9. The molecular weight excluding hydrogens is 372 g/mol. The number of hydrogen-bond donors (Lipinski definition) is 1. The summed E-state index contributed by atoms with van der Waals surface area (Å²) < 4.78 is 16.6. The summed E-state index contributed by atoms with van der Waals surface area (Å²) in [6.45, 7) is 4.98. The second kappa shape index (κ2) is 10.3. The lowest BCUT2D eigenvalue weighted by molar-refractivity contribution is 0.0905. The summed E-state index contributed by atoms with van der Waals surface area (Å²) in [5.74, 6) is 1.71. The highest BCUT2D eigenvalue weighted by atomic mass is 32.1. The number of methoxy groups -OCH3 is 1. The van der Waals surface area contributed by atoms with Gasteiger partial charge < -0.3 is 24.4 Å². The summed E-state index contributed by atoms with van der Waals surface area (Å²) in [6.07, 6.45) is 2.41. The van der Waals surface area contributed by atoms with Crippen molar-refractivity contribution < 1.29 is 14.2 Å². The number of benzene rings is 2. The Morgan fingerprint density at radius 2 is 1.86 bits per heavy atom. The summed E-state index contributed by atoms with van der Waals surface area (Å²) in [4.78, 5) is 2.17. The molecule has 1 aliphatic rings. The Morgan fingerprint density at radius 1 is 1.14 bits per heavy atom. The standard InChI is InChI=1S/C22H28N2O3S/c1-3-26-20-10-6-17(7-11-20)15-24(16-21-5-4-14-27-21)22(28)23-18-8-12-19(25-2)13-9-18/h6-13,21H,3-5,14-16H2,1-2H3,(H,23,28). The van der Waals surface area contributed by atoms with Gasteiger partial charge in [0.2, 0.25) is 0 Å². The lowest BCUT2D eigenvalue weighted by Gasteiger charge is -2.28. The average Bonchev–Trinajstić information content (AvgIpc) is 3.23. The van der Waals surface area contributed by atoms with E-state index in [1.165, 1.54) is 5.56 Å². The predicted molar refractivity (Wildman–Crippen MR) is 116 cm³/mol. The number of ether oxygens (including phenoxy) is 3. The van der Waals surface area contributed by atoms with Crippen molar-refractivity contribution in [2.75, 3.05) is 32.2 Å². The van der Waals surface area contributed by atoms with Gasteiger partial charge in [0.1, 0.15) is 11.5 Å². The number of rotatable bonds is 8. The zero-order chi connectivity index (χ0) is 19.8. The van der Waals surface area contributed by atoms with Crippen molar-refractivity contribution in [3.8, 4) is 11.5 Å². The minimum absolute atomic E-state index is 0.221. The normalized spacial score (nSPS) is 15.9. The molecule has 1 aliphatic heterocycles. The fraction of sp³-hybridized carbons (Fsp3) is 0.409. The Bertz CT molecular complexity index is 743. The Morgan fingerprint density at radius 3 is 2.46 bits per heavy atom. The third-order valence-corrected chi connectivity index (χ3v) is 5.04. The number of thiocarbonyl (C=S) groups is 1. The Labute approximate surface area is 172 Å². The molecule has 28 heavy (non-hydrogen) atoms. The van der Waals surface area contributed by atoms with Crippen molar-refractivity contribution in [3.05, 3.63) is 54.1 Å². The quantitative estimate of drug-likeness (QED) is 0.660. The monoisotopic (exact) mass is 400 g/mol. The maximum atomic E-state index is 5.84. The van der Waals surface area contributed by atoms with Gasteiger partial charge in [-0.25, -0.2) is 0 Å². The molecule has 0 amide bonds. The van der Waals surface area contributed by atoms with Crippen LogP contribution in [0.4, 0.5) is 5.69 Å². The Balaban J connectivity index is 1.68. The molecule has 0 aliphatic carbocycles. The van der Waals surface area contributed by atoms with Crippen LogP contribution in [-0.2, 0) is 11.3 Å². The summed E-state index contributed by atoms with van der Waals surface area (Å²) >= 11 is 5.72. The van der Waals surface area contributed by atoms with E-state index in [0.717, 1.165) is 43.2 Å². The van der Waals surface area contributed by atoms with Crippen LogP contribution in [0.15, 0.2) is 48.5 Å².